The number of ether oxygens (including phenoxy) is 1. The van der Waals surface area contributed by atoms with Crippen molar-refractivity contribution in [1.29, 1.82) is 0 Å². The molecule has 1 N–H and O–H groups in total. The van der Waals surface area contributed by atoms with Gasteiger partial charge in [0.1, 0.15) is 12.4 Å². The van der Waals surface area contributed by atoms with Gasteiger partial charge in [-0.1, -0.05) is 12.1 Å². The molecule has 0 saturated carbocycles. The van der Waals surface area contributed by atoms with Gasteiger partial charge in [-0.25, -0.2) is 0 Å². The molecule has 1 aromatic carbocycles. The lowest BCUT2D eigenvalue weighted by molar-refractivity contribution is 0.124. The fraction of sp³-hybridized carbons (Fsp3) is 0.647. The first kappa shape index (κ1) is 14.8. The van der Waals surface area contributed by atoms with Crippen molar-refractivity contribution in [2.75, 3.05) is 39.9 Å². The molecule has 0 aromatic heterocycles. The molecule has 0 unspecified atom stereocenters. The Balaban J connectivity index is 1.61. The highest BCUT2D eigenvalue weighted by molar-refractivity contribution is 5.27. The minimum atomic E-state index is 0.0616. The van der Waals surface area contributed by atoms with Crippen molar-refractivity contribution < 1.29 is 9.84 Å². The van der Waals surface area contributed by atoms with E-state index < -0.39 is 0 Å². The number of aliphatic hydroxyl groups is 1. The molecule has 3 aliphatic rings. The molecule has 2 bridgehead atoms. The van der Waals surface area contributed by atoms with Gasteiger partial charge in [0.2, 0.25) is 0 Å². The summed E-state index contributed by atoms with van der Waals surface area (Å²) in [6, 6.07) is 9.02. The van der Waals surface area contributed by atoms with E-state index in [1.54, 1.807) is 0 Å². The van der Waals surface area contributed by atoms with Crippen molar-refractivity contribution in [2.45, 2.75) is 25.4 Å². The molecule has 3 aliphatic heterocycles. The second-order valence-electron chi connectivity index (χ2n) is 6.46. The van der Waals surface area contributed by atoms with Gasteiger partial charge in [0.15, 0.2) is 0 Å². The SMILES string of the molecule is CN1C[C@H]2CC[C@@H](C1)N(Cc1ccc(OCCO)cc1)C2. The van der Waals surface area contributed by atoms with E-state index in [1.165, 1.54) is 38.0 Å². The fourth-order valence-corrected chi connectivity index (χ4v) is 3.70. The smallest absolute Gasteiger partial charge is 0.119 e. The van der Waals surface area contributed by atoms with E-state index >= 15 is 0 Å². The molecule has 4 rings (SSSR count). The number of piperidine rings is 1. The third-order valence-electron chi connectivity index (χ3n) is 4.68. The minimum Gasteiger partial charge on any atom is -0.491 e. The molecule has 0 spiro atoms. The normalized spacial score (nSPS) is 26.8. The fourth-order valence-electron chi connectivity index (χ4n) is 3.70. The molecular weight excluding hydrogens is 264 g/mol. The van der Waals surface area contributed by atoms with E-state index in [2.05, 4.69) is 29.0 Å². The van der Waals surface area contributed by atoms with E-state index in [9.17, 15) is 0 Å². The van der Waals surface area contributed by atoms with Gasteiger partial charge in [0.25, 0.3) is 0 Å². The predicted octanol–water partition coefficient (Wildman–Crippen LogP) is 1.58. The van der Waals surface area contributed by atoms with Crippen molar-refractivity contribution in [1.82, 2.24) is 9.80 Å². The molecule has 116 valence electrons. The Labute approximate surface area is 127 Å². The average Bonchev–Trinajstić information content (AvgIpc) is 2.75. The third kappa shape index (κ3) is 3.76. The summed E-state index contributed by atoms with van der Waals surface area (Å²) in [6.07, 6.45) is 2.73. The van der Waals surface area contributed by atoms with E-state index in [1.807, 2.05) is 12.1 Å². The summed E-state index contributed by atoms with van der Waals surface area (Å²) < 4.78 is 5.41. The van der Waals surface area contributed by atoms with Crippen LogP contribution < -0.4 is 4.74 Å². The minimum absolute atomic E-state index is 0.0616. The summed E-state index contributed by atoms with van der Waals surface area (Å²) >= 11 is 0. The molecule has 0 amide bonds. The van der Waals surface area contributed by atoms with Crippen LogP contribution in [0, 0.1) is 5.92 Å². The van der Waals surface area contributed by atoms with E-state index in [0.29, 0.717) is 12.6 Å². The van der Waals surface area contributed by atoms with E-state index in [-0.39, 0.29) is 6.61 Å². The van der Waals surface area contributed by atoms with Crippen molar-refractivity contribution >= 4 is 0 Å². The number of benzene rings is 1. The maximum atomic E-state index is 8.77. The largest absolute Gasteiger partial charge is 0.491 e. The first-order valence-electron chi connectivity index (χ1n) is 8.00. The van der Waals surface area contributed by atoms with Gasteiger partial charge in [0.05, 0.1) is 6.61 Å². The van der Waals surface area contributed by atoms with Crippen LogP contribution in [-0.2, 0) is 6.54 Å². The average molecular weight is 290 g/mol. The number of rotatable bonds is 5. The Morgan fingerprint density at radius 3 is 2.71 bits per heavy atom. The molecular formula is C17H26N2O2. The van der Waals surface area contributed by atoms with Crippen LogP contribution in [0.3, 0.4) is 0 Å². The van der Waals surface area contributed by atoms with Gasteiger partial charge in [-0.2, -0.15) is 0 Å². The maximum absolute atomic E-state index is 8.77. The number of hydrogen-bond acceptors (Lipinski definition) is 4. The lowest BCUT2D eigenvalue weighted by Crippen LogP contribution is -2.43. The van der Waals surface area contributed by atoms with Crippen LogP contribution in [0.5, 0.6) is 5.75 Å². The van der Waals surface area contributed by atoms with Crippen molar-refractivity contribution in [3.05, 3.63) is 29.8 Å². The number of aliphatic hydroxyl groups excluding tert-OH is 1. The molecule has 3 saturated heterocycles. The van der Waals surface area contributed by atoms with E-state index in [0.717, 1.165) is 18.2 Å². The maximum Gasteiger partial charge on any atom is 0.119 e. The van der Waals surface area contributed by atoms with Crippen LogP contribution >= 0.6 is 0 Å². The van der Waals surface area contributed by atoms with Crippen LogP contribution in [0.25, 0.3) is 0 Å². The van der Waals surface area contributed by atoms with Crippen LogP contribution in [0.1, 0.15) is 18.4 Å². The Kier molecular flexibility index (Phi) is 4.78. The lowest BCUT2D eigenvalue weighted by Gasteiger charge is -2.36. The molecule has 4 heteroatoms. The van der Waals surface area contributed by atoms with Gasteiger partial charge < -0.3 is 14.7 Å². The standard InChI is InChI=1S/C17H26N2O2/c1-18-10-15-2-5-16(13-18)19(12-15)11-14-3-6-17(7-4-14)21-9-8-20/h3-4,6-7,15-16,20H,2,5,8-13H2,1H3/t15-,16+/m1/s1. The summed E-state index contributed by atoms with van der Waals surface area (Å²) in [4.78, 5) is 5.15. The third-order valence-corrected chi connectivity index (χ3v) is 4.68. The van der Waals surface area contributed by atoms with Crippen LogP contribution in [-0.4, -0.2) is 60.8 Å². The summed E-state index contributed by atoms with van der Waals surface area (Å²) in [5.41, 5.74) is 1.35. The van der Waals surface area contributed by atoms with Crippen molar-refractivity contribution in [3.63, 3.8) is 0 Å². The molecule has 3 fully saturated rings. The van der Waals surface area contributed by atoms with Gasteiger partial charge in [0, 0.05) is 32.2 Å². The summed E-state index contributed by atoms with van der Waals surface area (Å²) in [7, 11) is 2.25. The number of likely N-dealkylation sites (N-methyl/N-ethyl adjacent to an activating group) is 1. The summed E-state index contributed by atoms with van der Waals surface area (Å²) in [5, 5.41) is 8.77. The molecule has 3 heterocycles. The van der Waals surface area contributed by atoms with E-state index in [4.69, 9.17) is 9.84 Å². The zero-order valence-corrected chi connectivity index (χ0v) is 12.9. The highest BCUT2D eigenvalue weighted by Gasteiger charge is 2.33. The number of hydrogen-bond donors (Lipinski definition) is 1. The topological polar surface area (TPSA) is 35.9 Å². The molecule has 4 nitrogen and oxygen atoms in total. The summed E-state index contributed by atoms with van der Waals surface area (Å²) in [5.74, 6) is 1.67. The van der Waals surface area contributed by atoms with Crippen molar-refractivity contribution in [3.8, 4) is 5.75 Å². The van der Waals surface area contributed by atoms with Crippen LogP contribution in [0.15, 0.2) is 24.3 Å². The Morgan fingerprint density at radius 1 is 1.14 bits per heavy atom. The van der Waals surface area contributed by atoms with Crippen LogP contribution in [0.2, 0.25) is 0 Å². The van der Waals surface area contributed by atoms with Gasteiger partial charge >= 0.3 is 0 Å². The molecule has 0 aliphatic carbocycles. The molecule has 21 heavy (non-hydrogen) atoms. The first-order chi connectivity index (χ1) is 10.2. The van der Waals surface area contributed by atoms with Gasteiger partial charge in [-0.05, 0) is 43.5 Å². The van der Waals surface area contributed by atoms with Crippen molar-refractivity contribution in [2.24, 2.45) is 5.92 Å². The quantitative estimate of drug-likeness (QED) is 0.893. The lowest BCUT2D eigenvalue weighted by atomic mass is 9.94. The summed E-state index contributed by atoms with van der Waals surface area (Å²) in [6.45, 7) is 5.15. The molecule has 1 aromatic rings. The second-order valence-corrected chi connectivity index (χ2v) is 6.46. The highest BCUT2D eigenvalue weighted by atomic mass is 16.5. The molecule has 2 atom stereocenters. The Bertz CT molecular complexity index is 449. The number of nitrogens with zero attached hydrogens (tertiary/aromatic N) is 2. The monoisotopic (exact) mass is 290 g/mol. The second kappa shape index (κ2) is 6.77. The number of fused-ring (bicyclic) bond motifs is 4. The van der Waals surface area contributed by atoms with Gasteiger partial charge in [-0.3, -0.25) is 4.90 Å². The van der Waals surface area contributed by atoms with Crippen LogP contribution in [0.4, 0.5) is 0 Å². The zero-order chi connectivity index (χ0) is 14.7. The Hall–Kier alpha value is -1.10. The highest BCUT2D eigenvalue weighted by Crippen LogP contribution is 2.28. The molecule has 0 radical (unpaired) electrons. The van der Waals surface area contributed by atoms with Gasteiger partial charge in [-0.15, -0.1) is 0 Å². The predicted molar refractivity (Wildman–Crippen MR) is 83.4 cm³/mol. The Morgan fingerprint density at radius 2 is 1.95 bits per heavy atom. The first-order valence-corrected chi connectivity index (χ1v) is 8.00. The zero-order valence-electron chi connectivity index (χ0n) is 12.9.